The van der Waals surface area contributed by atoms with Crippen molar-refractivity contribution >= 4 is 5.82 Å². The Balaban J connectivity index is 1.99. The molecule has 1 aromatic rings. The Morgan fingerprint density at radius 1 is 1.35 bits per heavy atom. The van der Waals surface area contributed by atoms with E-state index in [-0.39, 0.29) is 6.04 Å². The van der Waals surface area contributed by atoms with E-state index in [2.05, 4.69) is 22.2 Å². The van der Waals surface area contributed by atoms with Gasteiger partial charge in [-0.1, -0.05) is 26.2 Å². The van der Waals surface area contributed by atoms with Crippen LogP contribution in [-0.4, -0.2) is 22.1 Å². The summed E-state index contributed by atoms with van der Waals surface area (Å²) in [7, 11) is 0. The lowest BCUT2D eigenvalue weighted by atomic mass is 9.91. The fourth-order valence-corrected chi connectivity index (χ4v) is 2.40. The van der Waals surface area contributed by atoms with Crippen LogP contribution in [0.25, 0.3) is 0 Å². The van der Waals surface area contributed by atoms with Gasteiger partial charge in [0.25, 0.3) is 0 Å². The average Bonchev–Trinajstić information content (AvgIpc) is 2.33. The summed E-state index contributed by atoms with van der Waals surface area (Å²) in [5.41, 5.74) is 7.22. The van der Waals surface area contributed by atoms with Gasteiger partial charge in [-0.25, -0.2) is 9.97 Å². The van der Waals surface area contributed by atoms with E-state index in [1.54, 1.807) is 6.33 Å². The number of nitrogens with one attached hydrogen (secondary N) is 1. The summed E-state index contributed by atoms with van der Waals surface area (Å²) in [5.74, 6) is 0.922. The Kier molecular flexibility index (Phi) is 4.31. The number of hydrogen-bond donors (Lipinski definition) is 2. The Bertz CT molecular complexity index is 353. The van der Waals surface area contributed by atoms with Gasteiger partial charge < -0.3 is 11.1 Å². The lowest BCUT2D eigenvalue weighted by molar-refractivity contribution is 0.403. The molecule has 4 nitrogen and oxygen atoms in total. The van der Waals surface area contributed by atoms with Crippen LogP contribution in [0.3, 0.4) is 0 Å². The van der Waals surface area contributed by atoms with Gasteiger partial charge in [-0.3, -0.25) is 0 Å². The molecule has 4 heteroatoms. The maximum Gasteiger partial charge on any atom is 0.129 e. The number of aryl methyl sites for hydroxylation is 1. The summed E-state index contributed by atoms with van der Waals surface area (Å²) >= 11 is 0. The van der Waals surface area contributed by atoms with Gasteiger partial charge in [0.05, 0.1) is 0 Å². The fraction of sp³-hybridized carbons (Fsp3) is 0.692. The van der Waals surface area contributed by atoms with E-state index in [1.165, 1.54) is 12.8 Å². The standard InChI is InChI=1S/C13H22N4/c1-2-5-10-8-13(16-9-15-10)17-12-7-4-3-6-11(12)14/h8-9,11-12H,2-7,14H2,1H3,(H,15,16,17)/t11-,12-/m1/s1. The largest absolute Gasteiger partial charge is 0.366 e. The smallest absolute Gasteiger partial charge is 0.129 e. The second-order valence-corrected chi connectivity index (χ2v) is 4.84. The summed E-state index contributed by atoms with van der Waals surface area (Å²) in [6.45, 7) is 2.16. The number of aromatic nitrogens is 2. The molecule has 0 aliphatic heterocycles. The highest BCUT2D eigenvalue weighted by atomic mass is 15.1. The van der Waals surface area contributed by atoms with Gasteiger partial charge in [-0.2, -0.15) is 0 Å². The molecule has 94 valence electrons. The molecule has 0 spiro atoms. The van der Waals surface area contributed by atoms with Crippen LogP contribution >= 0.6 is 0 Å². The van der Waals surface area contributed by atoms with Gasteiger partial charge in [0.2, 0.25) is 0 Å². The van der Waals surface area contributed by atoms with E-state index in [4.69, 9.17) is 5.73 Å². The van der Waals surface area contributed by atoms with Crippen LogP contribution < -0.4 is 11.1 Å². The van der Waals surface area contributed by atoms with E-state index >= 15 is 0 Å². The van der Waals surface area contributed by atoms with Crippen LogP contribution in [0.15, 0.2) is 12.4 Å². The van der Waals surface area contributed by atoms with Gasteiger partial charge in [0, 0.05) is 23.8 Å². The van der Waals surface area contributed by atoms with Crippen molar-refractivity contribution < 1.29 is 0 Å². The van der Waals surface area contributed by atoms with Crippen molar-refractivity contribution in [1.82, 2.24) is 9.97 Å². The first-order chi connectivity index (χ1) is 8.29. The lowest BCUT2D eigenvalue weighted by Crippen LogP contribution is -2.42. The van der Waals surface area contributed by atoms with E-state index in [0.29, 0.717) is 6.04 Å². The van der Waals surface area contributed by atoms with Gasteiger partial charge in [-0.05, 0) is 19.3 Å². The zero-order valence-electron chi connectivity index (χ0n) is 10.5. The first-order valence-corrected chi connectivity index (χ1v) is 6.62. The van der Waals surface area contributed by atoms with Crippen LogP contribution in [0.1, 0.15) is 44.7 Å². The van der Waals surface area contributed by atoms with Crippen molar-refractivity contribution in [1.29, 1.82) is 0 Å². The summed E-state index contributed by atoms with van der Waals surface area (Å²) in [4.78, 5) is 8.53. The predicted octanol–water partition coefficient (Wildman–Crippen LogP) is 2.11. The maximum atomic E-state index is 6.12. The molecular formula is C13H22N4. The molecule has 1 aromatic heterocycles. The van der Waals surface area contributed by atoms with Crippen LogP contribution in [0.5, 0.6) is 0 Å². The molecule has 0 bridgehead atoms. The van der Waals surface area contributed by atoms with Crippen LogP contribution in [0.2, 0.25) is 0 Å². The van der Waals surface area contributed by atoms with Crippen molar-refractivity contribution in [3.8, 4) is 0 Å². The van der Waals surface area contributed by atoms with Crippen molar-refractivity contribution in [3.05, 3.63) is 18.1 Å². The molecule has 1 aliphatic carbocycles. The average molecular weight is 234 g/mol. The molecule has 3 N–H and O–H groups in total. The predicted molar refractivity (Wildman–Crippen MR) is 69.9 cm³/mol. The van der Waals surface area contributed by atoms with Crippen molar-refractivity contribution in [2.75, 3.05) is 5.32 Å². The minimum atomic E-state index is 0.258. The van der Waals surface area contributed by atoms with Crippen LogP contribution in [-0.2, 0) is 6.42 Å². The lowest BCUT2D eigenvalue weighted by Gasteiger charge is -2.29. The molecular weight excluding hydrogens is 212 g/mol. The summed E-state index contributed by atoms with van der Waals surface area (Å²) in [5, 5.41) is 3.45. The molecule has 0 radical (unpaired) electrons. The highest BCUT2D eigenvalue weighted by Crippen LogP contribution is 2.20. The Morgan fingerprint density at radius 3 is 2.94 bits per heavy atom. The molecule has 1 saturated carbocycles. The van der Waals surface area contributed by atoms with E-state index in [1.807, 2.05) is 6.07 Å². The maximum absolute atomic E-state index is 6.12. The van der Waals surface area contributed by atoms with Gasteiger partial charge in [-0.15, -0.1) is 0 Å². The normalized spacial score (nSPS) is 24.6. The topological polar surface area (TPSA) is 63.8 Å². The first-order valence-electron chi connectivity index (χ1n) is 6.62. The third-order valence-corrected chi connectivity index (χ3v) is 3.38. The first kappa shape index (κ1) is 12.3. The molecule has 17 heavy (non-hydrogen) atoms. The molecule has 0 unspecified atom stereocenters. The zero-order valence-corrected chi connectivity index (χ0v) is 10.5. The highest BCUT2D eigenvalue weighted by Gasteiger charge is 2.21. The van der Waals surface area contributed by atoms with Gasteiger partial charge in [0.15, 0.2) is 0 Å². The number of nitrogens with zero attached hydrogens (tertiary/aromatic N) is 2. The number of rotatable bonds is 4. The highest BCUT2D eigenvalue weighted by molar-refractivity contribution is 5.36. The minimum Gasteiger partial charge on any atom is -0.366 e. The Hall–Kier alpha value is -1.16. The van der Waals surface area contributed by atoms with Gasteiger partial charge in [0.1, 0.15) is 12.1 Å². The zero-order chi connectivity index (χ0) is 12.1. The minimum absolute atomic E-state index is 0.258. The van der Waals surface area contributed by atoms with E-state index in [0.717, 1.165) is 37.2 Å². The fourth-order valence-electron chi connectivity index (χ4n) is 2.40. The quantitative estimate of drug-likeness (QED) is 0.837. The SMILES string of the molecule is CCCc1cc(N[C@@H]2CCCC[C@H]2N)ncn1. The van der Waals surface area contributed by atoms with Crippen LogP contribution in [0.4, 0.5) is 5.82 Å². The molecule has 0 amide bonds. The van der Waals surface area contributed by atoms with Crippen molar-refractivity contribution in [2.24, 2.45) is 5.73 Å². The Labute approximate surface area is 103 Å². The van der Waals surface area contributed by atoms with E-state index in [9.17, 15) is 0 Å². The van der Waals surface area contributed by atoms with E-state index < -0.39 is 0 Å². The molecule has 2 rings (SSSR count). The second kappa shape index (κ2) is 5.96. The third-order valence-electron chi connectivity index (χ3n) is 3.38. The van der Waals surface area contributed by atoms with Gasteiger partial charge >= 0.3 is 0 Å². The number of anilines is 1. The number of hydrogen-bond acceptors (Lipinski definition) is 4. The second-order valence-electron chi connectivity index (χ2n) is 4.84. The molecule has 0 aromatic carbocycles. The molecule has 1 aliphatic rings. The summed E-state index contributed by atoms with van der Waals surface area (Å²) < 4.78 is 0. The van der Waals surface area contributed by atoms with Crippen molar-refractivity contribution in [3.63, 3.8) is 0 Å². The van der Waals surface area contributed by atoms with Crippen molar-refractivity contribution in [2.45, 2.75) is 57.5 Å². The molecule has 0 saturated heterocycles. The van der Waals surface area contributed by atoms with Crippen LogP contribution in [0, 0.1) is 0 Å². The third kappa shape index (κ3) is 3.40. The molecule has 1 fully saturated rings. The summed E-state index contributed by atoms with van der Waals surface area (Å²) in [6, 6.07) is 2.67. The molecule has 2 atom stereocenters. The molecule has 1 heterocycles. The number of nitrogens with two attached hydrogens (primary N) is 1. The summed E-state index contributed by atoms with van der Waals surface area (Å²) in [6.07, 6.45) is 8.54. The monoisotopic (exact) mass is 234 g/mol. The Morgan fingerprint density at radius 2 is 2.18 bits per heavy atom.